The number of nitrogens with one attached hydrogen (secondary N) is 2. The first kappa shape index (κ1) is 17.4. The van der Waals surface area contributed by atoms with Crippen molar-refractivity contribution >= 4 is 21.6 Å². The standard InChI is InChI=1S/C18H17N5O3S/c24-18-5-2-14-11-15(3-4-16(14)22-18)27(25,26)21-12-13-6-8-19-17(10-13)23-9-1-7-20-23/h1,3-4,6-11,21H,2,5,12H2,(H,22,24). The number of hydrogen-bond donors (Lipinski definition) is 2. The molecule has 0 aliphatic carbocycles. The first-order valence-electron chi connectivity index (χ1n) is 8.39. The van der Waals surface area contributed by atoms with Gasteiger partial charge in [-0.15, -0.1) is 0 Å². The predicted molar refractivity (Wildman–Crippen MR) is 98.8 cm³/mol. The molecule has 9 heteroatoms. The van der Waals surface area contributed by atoms with Crippen LogP contribution < -0.4 is 10.0 Å². The molecule has 2 N–H and O–H groups in total. The number of hydrogen-bond acceptors (Lipinski definition) is 5. The Morgan fingerprint density at radius 1 is 1.15 bits per heavy atom. The lowest BCUT2D eigenvalue weighted by atomic mass is 10.0. The summed E-state index contributed by atoms with van der Waals surface area (Å²) in [7, 11) is -3.68. The number of pyridine rings is 1. The fraction of sp³-hybridized carbons (Fsp3) is 0.167. The fourth-order valence-corrected chi connectivity index (χ4v) is 3.96. The largest absolute Gasteiger partial charge is 0.326 e. The number of sulfonamides is 1. The molecular formula is C18H17N5O3S. The third-order valence-corrected chi connectivity index (χ3v) is 5.70. The molecule has 8 nitrogen and oxygen atoms in total. The van der Waals surface area contributed by atoms with Crippen molar-refractivity contribution < 1.29 is 13.2 Å². The summed E-state index contributed by atoms with van der Waals surface area (Å²) in [5.41, 5.74) is 2.26. The summed E-state index contributed by atoms with van der Waals surface area (Å²) in [6, 6.07) is 10.0. The maximum Gasteiger partial charge on any atom is 0.240 e. The molecule has 2 aromatic heterocycles. The van der Waals surface area contributed by atoms with E-state index in [1.165, 1.54) is 6.07 Å². The Balaban J connectivity index is 1.51. The van der Waals surface area contributed by atoms with Gasteiger partial charge in [-0.2, -0.15) is 5.10 Å². The highest BCUT2D eigenvalue weighted by Gasteiger charge is 2.19. The van der Waals surface area contributed by atoms with Crippen LogP contribution in [0.1, 0.15) is 17.5 Å². The second-order valence-electron chi connectivity index (χ2n) is 6.16. The van der Waals surface area contributed by atoms with E-state index in [4.69, 9.17) is 0 Å². The van der Waals surface area contributed by atoms with E-state index < -0.39 is 10.0 Å². The number of nitrogens with zero attached hydrogens (tertiary/aromatic N) is 3. The lowest BCUT2D eigenvalue weighted by Crippen LogP contribution is -2.24. The first-order valence-corrected chi connectivity index (χ1v) is 9.87. The van der Waals surface area contributed by atoms with Gasteiger partial charge >= 0.3 is 0 Å². The number of amides is 1. The lowest BCUT2D eigenvalue weighted by Gasteiger charge is -2.17. The van der Waals surface area contributed by atoms with Crippen molar-refractivity contribution in [3.05, 3.63) is 66.1 Å². The van der Waals surface area contributed by atoms with E-state index in [1.54, 1.807) is 53.6 Å². The maximum absolute atomic E-state index is 12.6. The highest BCUT2D eigenvalue weighted by molar-refractivity contribution is 7.89. The highest BCUT2D eigenvalue weighted by Crippen LogP contribution is 2.25. The normalized spacial score (nSPS) is 13.9. The highest BCUT2D eigenvalue weighted by atomic mass is 32.2. The molecule has 1 aliphatic heterocycles. The lowest BCUT2D eigenvalue weighted by molar-refractivity contribution is -0.116. The first-order chi connectivity index (χ1) is 13.0. The summed E-state index contributed by atoms with van der Waals surface area (Å²) in [5.74, 6) is 0.558. The monoisotopic (exact) mass is 383 g/mol. The molecule has 3 heterocycles. The number of carbonyl (C=O) groups excluding carboxylic acids is 1. The Hall–Kier alpha value is -3.04. The number of aryl methyl sites for hydroxylation is 1. The Morgan fingerprint density at radius 2 is 2.04 bits per heavy atom. The molecule has 0 unspecified atom stereocenters. The van der Waals surface area contributed by atoms with E-state index in [9.17, 15) is 13.2 Å². The zero-order valence-corrected chi connectivity index (χ0v) is 15.1. The molecule has 0 saturated carbocycles. The van der Waals surface area contributed by atoms with Crippen molar-refractivity contribution in [3.63, 3.8) is 0 Å². The second-order valence-corrected chi connectivity index (χ2v) is 7.93. The van der Waals surface area contributed by atoms with Gasteiger partial charge in [-0.05, 0) is 53.9 Å². The SMILES string of the molecule is O=C1CCc2cc(S(=O)(=O)NCc3ccnc(-n4cccn4)c3)ccc2N1. The molecule has 3 aromatic rings. The Labute approximate surface area is 156 Å². The summed E-state index contributed by atoms with van der Waals surface area (Å²) in [6.45, 7) is 0.132. The maximum atomic E-state index is 12.6. The quantitative estimate of drug-likeness (QED) is 0.697. The molecule has 0 spiro atoms. The van der Waals surface area contributed by atoms with E-state index in [2.05, 4.69) is 20.1 Å². The van der Waals surface area contributed by atoms with Gasteiger partial charge in [-0.25, -0.2) is 22.8 Å². The third kappa shape index (κ3) is 3.74. The summed E-state index contributed by atoms with van der Waals surface area (Å²) in [6.07, 6.45) is 5.92. The summed E-state index contributed by atoms with van der Waals surface area (Å²) < 4.78 is 29.5. The number of aromatic nitrogens is 3. The van der Waals surface area contributed by atoms with Gasteiger partial charge in [-0.1, -0.05) is 0 Å². The molecule has 1 aromatic carbocycles. The van der Waals surface area contributed by atoms with Gasteiger partial charge in [0, 0.05) is 37.2 Å². The van der Waals surface area contributed by atoms with Crippen LogP contribution in [0.2, 0.25) is 0 Å². The van der Waals surface area contributed by atoms with Crippen LogP contribution in [0.3, 0.4) is 0 Å². The van der Waals surface area contributed by atoms with Crippen LogP contribution in [0, 0.1) is 0 Å². The average Bonchev–Trinajstić information content (AvgIpc) is 3.21. The molecule has 4 rings (SSSR count). The second kappa shape index (κ2) is 6.93. The summed E-state index contributed by atoms with van der Waals surface area (Å²) in [4.78, 5) is 15.8. The minimum Gasteiger partial charge on any atom is -0.326 e. The van der Waals surface area contributed by atoms with Gasteiger partial charge < -0.3 is 5.32 Å². The Morgan fingerprint density at radius 3 is 2.85 bits per heavy atom. The minimum atomic E-state index is -3.68. The van der Waals surface area contributed by atoms with Gasteiger partial charge in [-0.3, -0.25) is 4.79 Å². The molecule has 0 bridgehead atoms. The number of carbonyl (C=O) groups is 1. The fourth-order valence-electron chi connectivity index (χ4n) is 2.89. The molecule has 0 atom stereocenters. The summed E-state index contributed by atoms with van der Waals surface area (Å²) in [5, 5.41) is 6.86. The van der Waals surface area contributed by atoms with Crippen molar-refractivity contribution in [2.24, 2.45) is 0 Å². The van der Waals surface area contributed by atoms with Crippen molar-refractivity contribution in [3.8, 4) is 5.82 Å². The van der Waals surface area contributed by atoms with Gasteiger partial charge in [0.2, 0.25) is 15.9 Å². The molecule has 27 heavy (non-hydrogen) atoms. The van der Waals surface area contributed by atoms with Gasteiger partial charge in [0.25, 0.3) is 0 Å². The number of fused-ring (bicyclic) bond motifs is 1. The van der Waals surface area contributed by atoms with Gasteiger partial charge in [0.05, 0.1) is 4.90 Å². The van der Waals surface area contributed by atoms with Crippen LogP contribution >= 0.6 is 0 Å². The summed E-state index contributed by atoms with van der Waals surface area (Å²) >= 11 is 0. The topological polar surface area (TPSA) is 106 Å². The van der Waals surface area contributed by atoms with Crippen LogP contribution in [0.15, 0.2) is 59.9 Å². The van der Waals surface area contributed by atoms with Crippen LogP contribution in [-0.4, -0.2) is 29.1 Å². The molecule has 138 valence electrons. The van der Waals surface area contributed by atoms with Gasteiger partial charge in [0.15, 0.2) is 5.82 Å². The van der Waals surface area contributed by atoms with E-state index in [0.717, 1.165) is 11.1 Å². The van der Waals surface area contributed by atoms with E-state index in [1.807, 2.05) is 0 Å². The van der Waals surface area contributed by atoms with Crippen molar-refractivity contribution in [2.45, 2.75) is 24.3 Å². The minimum absolute atomic E-state index is 0.0538. The van der Waals surface area contributed by atoms with Crippen molar-refractivity contribution in [1.82, 2.24) is 19.5 Å². The zero-order valence-electron chi connectivity index (χ0n) is 14.3. The number of rotatable bonds is 5. The van der Waals surface area contributed by atoms with Crippen LogP contribution in [-0.2, 0) is 27.8 Å². The molecular weight excluding hydrogens is 366 g/mol. The van der Waals surface area contributed by atoms with Crippen LogP contribution in [0.25, 0.3) is 5.82 Å². The van der Waals surface area contributed by atoms with Crippen LogP contribution in [0.5, 0.6) is 0 Å². The average molecular weight is 383 g/mol. The van der Waals surface area contributed by atoms with E-state index >= 15 is 0 Å². The van der Waals surface area contributed by atoms with Crippen molar-refractivity contribution in [2.75, 3.05) is 5.32 Å². The zero-order chi connectivity index (χ0) is 18.9. The predicted octanol–water partition coefficient (Wildman–Crippen LogP) is 1.63. The van der Waals surface area contributed by atoms with E-state index in [0.29, 0.717) is 24.3 Å². The molecule has 0 saturated heterocycles. The van der Waals surface area contributed by atoms with Crippen molar-refractivity contribution in [1.29, 1.82) is 0 Å². The number of anilines is 1. The van der Waals surface area contributed by atoms with Crippen LogP contribution in [0.4, 0.5) is 5.69 Å². The Bertz CT molecular complexity index is 1090. The van der Waals surface area contributed by atoms with Gasteiger partial charge in [0.1, 0.15) is 0 Å². The Kier molecular flexibility index (Phi) is 4.46. The number of benzene rings is 1. The smallest absolute Gasteiger partial charge is 0.240 e. The molecule has 1 aliphatic rings. The van der Waals surface area contributed by atoms with E-state index in [-0.39, 0.29) is 17.3 Å². The molecule has 0 fully saturated rings. The molecule has 1 amide bonds. The molecule has 0 radical (unpaired) electrons. The third-order valence-electron chi connectivity index (χ3n) is 4.30.